The Morgan fingerprint density at radius 1 is 1.00 bits per heavy atom. The van der Waals surface area contributed by atoms with Gasteiger partial charge in [-0.2, -0.15) is 0 Å². The molecule has 3 rings (SSSR count). The summed E-state index contributed by atoms with van der Waals surface area (Å²) in [5.74, 6) is 0.576. The molecular formula is C23H26N4O. The summed E-state index contributed by atoms with van der Waals surface area (Å²) in [4.78, 5) is 21.5. The van der Waals surface area contributed by atoms with Gasteiger partial charge < -0.3 is 10.6 Å². The van der Waals surface area contributed by atoms with Crippen molar-refractivity contribution in [3.63, 3.8) is 0 Å². The smallest absolute Gasteiger partial charge is 0.270 e. The molecule has 0 aliphatic heterocycles. The first-order chi connectivity index (χ1) is 13.4. The Kier molecular flexibility index (Phi) is 6.04. The zero-order chi connectivity index (χ0) is 20.1. The highest BCUT2D eigenvalue weighted by Crippen LogP contribution is 2.25. The van der Waals surface area contributed by atoms with Crippen LogP contribution < -0.4 is 10.6 Å². The van der Waals surface area contributed by atoms with Crippen LogP contribution in [-0.4, -0.2) is 15.9 Å². The SMILES string of the molecule is Cc1cccc(CNC(=O)c2cc(C)nc(Nc3ccccc3C(C)C)n2)c1. The number of anilines is 2. The largest absolute Gasteiger partial charge is 0.347 e. The van der Waals surface area contributed by atoms with Crippen LogP contribution in [0.15, 0.2) is 54.6 Å². The molecule has 1 heterocycles. The van der Waals surface area contributed by atoms with Crippen molar-refractivity contribution in [2.45, 2.75) is 40.2 Å². The lowest BCUT2D eigenvalue weighted by atomic mass is 10.0. The number of rotatable bonds is 6. The molecule has 0 saturated heterocycles. The van der Waals surface area contributed by atoms with E-state index in [9.17, 15) is 4.79 Å². The Balaban J connectivity index is 1.77. The topological polar surface area (TPSA) is 66.9 Å². The lowest BCUT2D eigenvalue weighted by Crippen LogP contribution is -2.24. The summed E-state index contributed by atoms with van der Waals surface area (Å²) >= 11 is 0. The van der Waals surface area contributed by atoms with Crippen LogP contribution in [0, 0.1) is 13.8 Å². The predicted molar refractivity (Wildman–Crippen MR) is 113 cm³/mol. The molecule has 3 aromatic rings. The van der Waals surface area contributed by atoms with Gasteiger partial charge in [-0.3, -0.25) is 4.79 Å². The summed E-state index contributed by atoms with van der Waals surface area (Å²) in [6, 6.07) is 17.8. The van der Waals surface area contributed by atoms with E-state index < -0.39 is 0 Å². The molecule has 0 aliphatic carbocycles. The molecule has 0 aliphatic rings. The van der Waals surface area contributed by atoms with Crippen LogP contribution in [-0.2, 0) is 6.54 Å². The Labute approximate surface area is 166 Å². The fourth-order valence-electron chi connectivity index (χ4n) is 3.07. The van der Waals surface area contributed by atoms with Crippen LogP contribution in [0.3, 0.4) is 0 Å². The van der Waals surface area contributed by atoms with Gasteiger partial charge in [-0.15, -0.1) is 0 Å². The number of para-hydroxylation sites is 1. The summed E-state index contributed by atoms with van der Waals surface area (Å²) in [6.45, 7) is 8.64. The monoisotopic (exact) mass is 374 g/mol. The van der Waals surface area contributed by atoms with Crippen LogP contribution in [0.1, 0.15) is 52.6 Å². The van der Waals surface area contributed by atoms with Crippen LogP contribution >= 0.6 is 0 Å². The van der Waals surface area contributed by atoms with Gasteiger partial charge in [-0.25, -0.2) is 9.97 Å². The highest BCUT2D eigenvalue weighted by atomic mass is 16.1. The maximum absolute atomic E-state index is 12.6. The molecule has 5 nitrogen and oxygen atoms in total. The number of aryl methyl sites for hydroxylation is 2. The zero-order valence-corrected chi connectivity index (χ0v) is 16.8. The van der Waals surface area contributed by atoms with E-state index in [0.717, 1.165) is 16.9 Å². The van der Waals surface area contributed by atoms with Gasteiger partial charge in [0.25, 0.3) is 5.91 Å². The molecule has 2 aromatic carbocycles. The van der Waals surface area contributed by atoms with Gasteiger partial charge in [-0.1, -0.05) is 61.9 Å². The van der Waals surface area contributed by atoms with Crippen molar-refractivity contribution in [3.05, 3.63) is 82.7 Å². The highest BCUT2D eigenvalue weighted by molar-refractivity contribution is 5.92. The molecule has 0 saturated carbocycles. The highest BCUT2D eigenvalue weighted by Gasteiger charge is 2.12. The average molecular weight is 374 g/mol. The van der Waals surface area contributed by atoms with Crippen molar-refractivity contribution in [2.24, 2.45) is 0 Å². The van der Waals surface area contributed by atoms with E-state index in [1.165, 1.54) is 11.1 Å². The van der Waals surface area contributed by atoms with Gasteiger partial charge >= 0.3 is 0 Å². The zero-order valence-electron chi connectivity index (χ0n) is 16.8. The molecule has 1 amide bonds. The maximum atomic E-state index is 12.6. The molecular weight excluding hydrogens is 348 g/mol. The van der Waals surface area contributed by atoms with Gasteiger partial charge in [0.05, 0.1) is 0 Å². The minimum absolute atomic E-state index is 0.216. The number of nitrogens with one attached hydrogen (secondary N) is 2. The van der Waals surface area contributed by atoms with Crippen molar-refractivity contribution in [1.82, 2.24) is 15.3 Å². The first-order valence-electron chi connectivity index (χ1n) is 9.48. The number of hydrogen-bond donors (Lipinski definition) is 2. The summed E-state index contributed by atoms with van der Waals surface area (Å²) < 4.78 is 0. The van der Waals surface area contributed by atoms with Crippen molar-refractivity contribution in [2.75, 3.05) is 5.32 Å². The van der Waals surface area contributed by atoms with Gasteiger partial charge in [-0.05, 0) is 43.0 Å². The number of amides is 1. The summed E-state index contributed by atoms with van der Waals surface area (Å²) in [5.41, 5.74) is 5.44. The van der Waals surface area contributed by atoms with E-state index in [2.05, 4.69) is 46.6 Å². The van der Waals surface area contributed by atoms with E-state index in [-0.39, 0.29) is 5.91 Å². The van der Waals surface area contributed by atoms with Crippen LogP contribution in [0.5, 0.6) is 0 Å². The third kappa shape index (κ3) is 4.94. The minimum atomic E-state index is -0.216. The van der Waals surface area contributed by atoms with Gasteiger partial charge in [0, 0.05) is 17.9 Å². The second-order valence-electron chi connectivity index (χ2n) is 7.26. The number of benzene rings is 2. The minimum Gasteiger partial charge on any atom is -0.347 e. The van der Waals surface area contributed by atoms with E-state index in [1.807, 2.05) is 50.2 Å². The standard InChI is InChI=1S/C23H26N4O/c1-15(2)19-10-5-6-11-20(19)26-23-25-17(4)13-21(27-23)22(28)24-14-18-9-7-8-16(3)12-18/h5-13,15H,14H2,1-4H3,(H,24,28)(H,25,26,27). The molecule has 0 radical (unpaired) electrons. The van der Waals surface area contributed by atoms with Crippen LogP contribution in [0.25, 0.3) is 0 Å². The molecule has 0 unspecified atom stereocenters. The third-order valence-electron chi connectivity index (χ3n) is 4.45. The maximum Gasteiger partial charge on any atom is 0.270 e. The lowest BCUT2D eigenvalue weighted by Gasteiger charge is -2.14. The number of aromatic nitrogens is 2. The van der Waals surface area contributed by atoms with E-state index in [1.54, 1.807) is 6.07 Å². The Morgan fingerprint density at radius 3 is 2.54 bits per heavy atom. The first-order valence-corrected chi connectivity index (χ1v) is 9.48. The third-order valence-corrected chi connectivity index (χ3v) is 4.45. The first kappa shape index (κ1) is 19.5. The van der Waals surface area contributed by atoms with Crippen molar-refractivity contribution in [3.8, 4) is 0 Å². The molecule has 1 aromatic heterocycles. The van der Waals surface area contributed by atoms with Crippen molar-refractivity contribution >= 4 is 17.5 Å². The molecule has 2 N–H and O–H groups in total. The summed E-state index contributed by atoms with van der Waals surface area (Å²) in [6.07, 6.45) is 0. The predicted octanol–water partition coefficient (Wildman–Crippen LogP) is 4.89. The second kappa shape index (κ2) is 8.65. The molecule has 0 fully saturated rings. The molecule has 0 atom stereocenters. The van der Waals surface area contributed by atoms with E-state index in [0.29, 0.717) is 24.1 Å². The summed E-state index contributed by atoms with van der Waals surface area (Å²) in [7, 11) is 0. The van der Waals surface area contributed by atoms with Crippen LogP contribution in [0.2, 0.25) is 0 Å². The van der Waals surface area contributed by atoms with Gasteiger partial charge in [0.2, 0.25) is 5.95 Å². The van der Waals surface area contributed by atoms with Gasteiger partial charge in [0.1, 0.15) is 5.69 Å². The number of carbonyl (C=O) groups is 1. The van der Waals surface area contributed by atoms with Gasteiger partial charge in [0.15, 0.2) is 0 Å². The lowest BCUT2D eigenvalue weighted by molar-refractivity contribution is 0.0945. The Bertz CT molecular complexity index is 982. The fourth-order valence-corrected chi connectivity index (χ4v) is 3.07. The molecule has 144 valence electrons. The van der Waals surface area contributed by atoms with Crippen LogP contribution in [0.4, 0.5) is 11.6 Å². The second-order valence-corrected chi connectivity index (χ2v) is 7.26. The quantitative estimate of drug-likeness (QED) is 0.645. The van der Waals surface area contributed by atoms with E-state index in [4.69, 9.17) is 0 Å². The Morgan fingerprint density at radius 2 is 1.79 bits per heavy atom. The van der Waals surface area contributed by atoms with Crippen molar-refractivity contribution < 1.29 is 4.79 Å². The molecule has 28 heavy (non-hydrogen) atoms. The summed E-state index contributed by atoms with van der Waals surface area (Å²) in [5, 5.41) is 6.20. The number of hydrogen-bond acceptors (Lipinski definition) is 4. The fraction of sp³-hybridized carbons (Fsp3) is 0.261. The Hall–Kier alpha value is -3.21. The number of carbonyl (C=O) groups excluding carboxylic acids is 1. The number of nitrogens with zero attached hydrogens (tertiary/aromatic N) is 2. The molecule has 5 heteroatoms. The van der Waals surface area contributed by atoms with Crippen molar-refractivity contribution in [1.29, 1.82) is 0 Å². The molecule has 0 bridgehead atoms. The normalized spacial score (nSPS) is 10.8. The average Bonchev–Trinajstić information content (AvgIpc) is 2.66. The molecule has 0 spiro atoms. The van der Waals surface area contributed by atoms with E-state index >= 15 is 0 Å².